The number of rotatable bonds is 2. The molecule has 0 aliphatic carbocycles. The Morgan fingerprint density at radius 3 is 2.62 bits per heavy atom. The van der Waals surface area contributed by atoms with Crippen molar-refractivity contribution >= 4 is 0 Å². The summed E-state index contributed by atoms with van der Waals surface area (Å²) in [5, 5.41) is 9.57. The minimum absolute atomic E-state index is 0.116. The molecule has 0 saturated heterocycles. The normalized spacial score (nSPS) is 15.5. The topological polar surface area (TPSA) is 46.2 Å². The fourth-order valence-corrected chi connectivity index (χ4v) is 1.03. The van der Waals surface area contributed by atoms with Crippen LogP contribution in [0.5, 0.6) is 0 Å². The zero-order valence-electron chi connectivity index (χ0n) is 7.22. The first kappa shape index (κ1) is 10.1. The third kappa shape index (κ3) is 1.84. The Morgan fingerprint density at radius 2 is 2.08 bits per heavy atom. The van der Waals surface area contributed by atoms with Crippen LogP contribution in [0.3, 0.4) is 0 Å². The maximum atomic E-state index is 13.1. The van der Waals surface area contributed by atoms with Crippen molar-refractivity contribution in [3.63, 3.8) is 0 Å². The first-order valence-electron chi connectivity index (χ1n) is 3.86. The van der Waals surface area contributed by atoms with E-state index in [0.717, 1.165) is 6.07 Å². The van der Waals surface area contributed by atoms with Crippen molar-refractivity contribution in [1.82, 2.24) is 0 Å². The lowest BCUT2D eigenvalue weighted by molar-refractivity contribution is 0.0621. The second kappa shape index (κ2) is 3.40. The fourth-order valence-electron chi connectivity index (χ4n) is 1.03. The Hall–Kier alpha value is -1.00. The van der Waals surface area contributed by atoms with E-state index in [4.69, 9.17) is 5.73 Å². The smallest absolute Gasteiger partial charge is 0.164 e. The molecular weight excluding hydrogens is 176 g/mol. The van der Waals surface area contributed by atoms with E-state index < -0.39 is 17.2 Å². The molecule has 1 atom stereocenters. The summed E-state index contributed by atoms with van der Waals surface area (Å²) in [7, 11) is 0. The molecule has 4 heteroatoms. The molecule has 0 spiro atoms. The standard InChI is InChI=1S/C9H11F2NO/c1-9(13,5-12)6-3-2-4-7(10)8(6)11/h2-4,13H,5,12H2,1H3. The zero-order chi connectivity index (χ0) is 10.1. The van der Waals surface area contributed by atoms with Gasteiger partial charge in [-0.1, -0.05) is 12.1 Å². The summed E-state index contributed by atoms with van der Waals surface area (Å²) >= 11 is 0. The summed E-state index contributed by atoms with van der Waals surface area (Å²) < 4.78 is 25.8. The molecule has 0 fully saturated rings. The van der Waals surface area contributed by atoms with Crippen molar-refractivity contribution in [2.24, 2.45) is 5.73 Å². The van der Waals surface area contributed by atoms with E-state index in [0.29, 0.717) is 0 Å². The summed E-state index contributed by atoms with van der Waals surface area (Å²) in [6, 6.07) is 3.63. The Labute approximate surface area is 75.0 Å². The van der Waals surface area contributed by atoms with Crippen LogP contribution in [0.1, 0.15) is 12.5 Å². The molecule has 0 aliphatic rings. The average Bonchev–Trinajstić information content (AvgIpc) is 2.09. The third-order valence-corrected chi connectivity index (χ3v) is 1.93. The van der Waals surface area contributed by atoms with Gasteiger partial charge in [-0.25, -0.2) is 8.78 Å². The predicted octanol–water partition coefficient (Wildman–Crippen LogP) is 1.13. The van der Waals surface area contributed by atoms with E-state index in [1.807, 2.05) is 0 Å². The first-order chi connectivity index (χ1) is 5.99. The van der Waals surface area contributed by atoms with E-state index in [1.54, 1.807) is 0 Å². The molecule has 0 aliphatic heterocycles. The fraction of sp³-hybridized carbons (Fsp3) is 0.333. The van der Waals surface area contributed by atoms with Gasteiger partial charge < -0.3 is 10.8 Å². The van der Waals surface area contributed by atoms with Gasteiger partial charge in [-0.3, -0.25) is 0 Å². The monoisotopic (exact) mass is 187 g/mol. The van der Waals surface area contributed by atoms with Crippen molar-refractivity contribution in [2.75, 3.05) is 6.54 Å². The highest BCUT2D eigenvalue weighted by Crippen LogP contribution is 2.23. The molecule has 0 bridgehead atoms. The number of hydrogen-bond acceptors (Lipinski definition) is 2. The van der Waals surface area contributed by atoms with Crippen molar-refractivity contribution in [1.29, 1.82) is 0 Å². The summed E-state index contributed by atoms with van der Waals surface area (Å²) in [5.74, 6) is -2.02. The van der Waals surface area contributed by atoms with Gasteiger partial charge in [0.25, 0.3) is 0 Å². The third-order valence-electron chi connectivity index (χ3n) is 1.93. The average molecular weight is 187 g/mol. The van der Waals surface area contributed by atoms with Gasteiger partial charge in [0.05, 0.1) is 0 Å². The summed E-state index contributed by atoms with van der Waals surface area (Å²) in [4.78, 5) is 0. The van der Waals surface area contributed by atoms with Crippen LogP contribution in [0, 0.1) is 11.6 Å². The van der Waals surface area contributed by atoms with Gasteiger partial charge in [-0.15, -0.1) is 0 Å². The SMILES string of the molecule is CC(O)(CN)c1cccc(F)c1F. The van der Waals surface area contributed by atoms with Crippen LogP contribution >= 0.6 is 0 Å². The van der Waals surface area contributed by atoms with E-state index >= 15 is 0 Å². The zero-order valence-corrected chi connectivity index (χ0v) is 7.22. The molecule has 1 aromatic carbocycles. The van der Waals surface area contributed by atoms with Gasteiger partial charge in [-0.2, -0.15) is 0 Å². The van der Waals surface area contributed by atoms with E-state index in [9.17, 15) is 13.9 Å². The molecule has 1 unspecified atom stereocenters. The van der Waals surface area contributed by atoms with Crippen molar-refractivity contribution in [2.45, 2.75) is 12.5 Å². The molecular formula is C9H11F2NO. The molecule has 1 rings (SSSR count). The molecule has 1 aromatic rings. The highest BCUT2D eigenvalue weighted by molar-refractivity contribution is 5.24. The van der Waals surface area contributed by atoms with Crippen LogP contribution in [0.25, 0.3) is 0 Å². The van der Waals surface area contributed by atoms with Crippen LogP contribution in [0.15, 0.2) is 18.2 Å². The van der Waals surface area contributed by atoms with Crippen molar-refractivity contribution in [3.05, 3.63) is 35.4 Å². The maximum absolute atomic E-state index is 13.1. The summed E-state index contributed by atoms with van der Waals surface area (Å²) in [5.41, 5.74) is 3.58. The van der Waals surface area contributed by atoms with Gasteiger partial charge in [0.1, 0.15) is 5.60 Å². The molecule has 3 N–H and O–H groups in total. The minimum atomic E-state index is -1.52. The van der Waals surface area contributed by atoms with Gasteiger partial charge in [0.2, 0.25) is 0 Å². The van der Waals surface area contributed by atoms with Gasteiger partial charge in [0.15, 0.2) is 11.6 Å². The van der Waals surface area contributed by atoms with Crippen molar-refractivity contribution < 1.29 is 13.9 Å². The van der Waals surface area contributed by atoms with E-state index in [1.165, 1.54) is 19.1 Å². The lowest BCUT2D eigenvalue weighted by Gasteiger charge is -2.21. The number of aliphatic hydroxyl groups is 1. The Bertz CT molecular complexity index is 312. The Balaban J connectivity index is 3.22. The van der Waals surface area contributed by atoms with Crippen LogP contribution in [0.2, 0.25) is 0 Å². The van der Waals surface area contributed by atoms with E-state index in [2.05, 4.69) is 0 Å². The Kier molecular flexibility index (Phi) is 2.63. The highest BCUT2D eigenvalue weighted by atomic mass is 19.2. The molecule has 0 aromatic heterocycles. The molecule has 72 valence electrons. The maximum Gasteiger partial charge on any atom is 0.164 e. The first-order valence-corrected chi connectivity index (χ1v) is 3.86. The molecule has 0 saturated carbocycles. The molecule has 13 heavy (non-hydrogen) atoms. The second-order valence-corrected chi connectivity index (χ2v) is 3.08. The van der Waals surface area contributed by atoms with E-state index in [-0.39, 0.29) is 12.1 Å². The van der Waals surface area contributed by atoms with Crippen LogP contribution in [0.4, 0.5) is 8.78 Å². The number of hydrogen-bond donors (Lipinski definition) is 2. The lowest BCUT2D eigenvalue weighted by Crippen LogP contribution is -2.32. The summed E-state index contributed by atoms with van der Waals surface area (Å²) in [6.45, 7) is 1.18. The second-order valence-electron chi connectivity index (χ2n) is 3.08. The van der Waals surface area contributed by atoms with Gasteiger partial charge in [0, 0.05) is 12.1 Å². The number of benzene rings is 1. The molecule has 2 nitrogen and oxygen atoms in total. The predicted molar refractivity (Wildman–Crippen MR) is 45.0 cm³/mol. The highest BCUT2D eigenvalue weighted by Gasteiger charge is 2.26. The lowest BCUT2D eigenvalue weighted by atomic mass is 9.96. The quantitative estimate of drug-likeness (QED) is 0.729. The van der Waals surface area contributed by atoms with Crippen LogP contribution in [-0.4, -0.2) is 11.7 Å². The van der Waals surface area contributed by atoms with Gasteiger partial charge >= 0.3 is 0 Å². The molecule has 0 radical (unpaired) electrons. The van der Waals surface area contributed by atoms with Crippen LogP contribution < -0.4 is 5.73 Å². The molecule has 0 amide bonds. The minimum Gasteiger partial charge on any atom is -0.384 e. The number of nitrogens with two attached hydrogens (primary N) is 1. The van der Waals surface area contributed by atoms with Crippen molar-refractivity contribution in [3.8, 4) is 0 Å². The molecule has 0 heterocycles. The van der Waals surface area contributed by atoms with Gasteiger partial charge in [-0.05, 0) is 13.0 Å². The summed E-state index contributed by atoms with van der Waals surface area (Å²) in [6.07, 6.45) is 0. The largest absolute Gasteiger partial charge is 0.384 e. The Morgan fingerprint density at radius 1 is 1.46 bits per heavy atom. The number of halogens is 2. The van der Waals surface area contributed by atoms with Crippen LogP contribution in [-0.2, 0) is 5.60 Å².